The van der Waals surface area contributed by atoms with Gasteiger partial charge in [-0.2, -0.15) is 0 Å². The van der Waals surface area contributed by atoms with E-state index in [0.717, 1.165) is 38.5 Å². The standard InChI is InChI=1S/C32H60O3/c1-26(2)14-11-17-29(7)20-23-33-32(10,34-24-21-30(8)18-12-15-27(3)4)35-25-22-31(9)19-13-16-28(5)6/h14-16,29-31H,11-13,17-25H2,1-10H3. The van der Waals surface area contributed by atoms with Gasteiger partial charge in [0, 0.05) is 6.92 Å². The van der Waals surface area contributed by atoms with Gasteiger partial charge in [0.05, 0.1) is 19.8 Å². The van der Waals surface area contributed by atoms with E-state index in [9.17, 15) is 0 Å². The summed E-state index contributed by atoms with van der Waals surface area (Å²) >= 11 is 0. The van der Waals surface area contributed by atoms with Crippen LogP contribution in [0.15, 0.2) is 34.9 Å². The van der Waals surface area contributed by atoms with Crippen LogP contribution in [0.4, 0.5) is 0 Å². The minimum Gasteiger partial charge on any atom is -0.328 e. The average molecular weight is 493 g/mol. The van der Waals surface area contributed by atoms with Gasteiger partial charge in [-0.05, 0) is 117 Å². The third kappa shape index (κ3) is 22.1. The number of ether oxygens (including phenoxy) is 3. The SMILES string of the molecule is CC(C)=CCCC(C)CCOC(C)(OCCC(C)CCC=C(C)C)OCCC(C)CCC=C(C)C. The Morgan fingerprint density at radius 3 is 1.00 bits per heavy atom. The monoisotopic (exact) mass is 492 g/mol. The van der Waals surface area contributed by atoms with Crippen LogP contribution in [0.1, 0.15) is 127 Å². The van der Waals surface area contributed by atoms with Gasteiger partial charge in [-0.15, -0.1) is 0 Å². The number of rotatable bonds is 21. The fourth-order valence-electron chi connectivity index (χ4n) is 3.86. The molecule has 0 aromatic heterocycles. The Morgan fingerprint density at radius 1 is 0.514 bits per heavy atom. The predicted octanol–water partition coefficient (Wildman–Crippen LogP) is 10.0. The van der Waals surface area contributed by atoms with Crippen LogP contribution in [0.25, 0.3) is 0 Å². The highest BCUT2D eigenvalue weighted by molar-refractivity contribution is 4.94. The number of hydrogen-bond acceptors (Lipinski definition) is 3. The van der Waals surface area contributed by atoms with Gasteiger partial charge in [-0.25, -0.2) is 0 Å². The molecule has 3 atom stereocenters. The summed E-state index contributed by atoms with van der Waals surface area (Å²) in [5.41, 5.74) is 4.19. The molecule has 3 unspecified atom stereocenters. The Kier molecular flexibility index (Phi) is 19.7. The molecule has 0 aliphatic rings. The molecule has 3 nitrogen and oxygen atoms in total. The van der Waals surface area contributed by atoms with E-state index in [-0.39, 0.29) is 0 Å². The van der Waals surface area contributed by atoms with Gasteiger partial charge in [0.1, 0.15) is 0 Å². The van der Waals surface area contributed by atoms with Gasteiger partial charge in [0.25, 0.3) is 5.97 Å². The molecule has 206 valence electrons. The van der Waals surface area contributed by atoms with Crippen molar-refractivity contribution in [2.45, 2.75) is 133 Å². The molecule has 0 fully saturated rings. The molecule has 0 aliphatic carbocycles. The zero-order chi connectivity index (χ0) is 26.7. The van der Waals surface area contributed by atoms with Crippen molar-refractivity contribution in [3.05, 3.63) is 34.9 Å². The molecule has 0 spiro atoms. The van der Waals surface area contributed by atoms with E-state index >= 15 is 0 Å². The second-order valence-electron chi connectivity index (χ2n) is 11.7. The Bertz CT molecular complexity index is 521. The third-order valence-corrected chi connectivity index (χ3v) is 6.56. The predicted molar refractivity (Wildman–Crippen MR) is 154 cm³/mol. The van der Waals surface area contributed by atoms with Crippen LogP contribution in [0.2, 0.25) is 0 Å². The van der Waals surface area contributed by atoms with E-state index in [2.05, 4.69) is 80.5 Å². The van der Waals surface area contributed by atoms with Crippen LogP contribution in [-0.2, 0) is 14.2 Å². The summed E-state index contributed by atoms with van der Waals surface area (Å²) in [5.74, 6) is 0.916. The molecule has 0 saturated carbocycles. The summed E-state index contributed by atoms with van der Waals surface area (Å²) < 4.78 is 18.7. The second-order valence-corrected chi connectivity index (χ2v) is 11.7. The van der Waals surface area contributed by atoms with Crippen LogP contribution in [-0.4, -0.2) is 25.8 Å². The largest absolute Gasteiger partial charge is 0.328 e. The maximum Gasteiger partial charge on any atom is 0.279 e. The fourth-order valence-corrected chi connectivity index (χ4v) is 3.86. The molecule has 0 bridgehead atoms. The van der Waals surface area contributed by atoms with Crippen molar-refractivity contribution in [3.8, 4) is 0 Å². The molecular formula is C32H60O3. The molecule has 35 heavy (non-hydrogen) atoms. The first-order valence-electron chi connectivity index (χ1n) is 14.3. The highest BCUT2D eigenvalue weighted by Crippen LogP contribution is 2.22. The minimum absolute atomic E-state index is 0.625. The molecule has 0 saturated heterocycles. The first kappa shape index (κ1) is 34.1. The molecule has 0 N–H and O–H groups in total. The molecule has 0 heterocycles. The van der Waals surface area contributed by atoms with Crippen molar-refractivity contribution in [1.29, 1.82) is 0 Å². The number of allylic oxidation sites excluding steroid dienone is 6. The van der Waals surface area contributed by atoms with E-state index < -0.39 is 5.97 Å². The molecule has 0 radical (unpaired) electrons. The summed E-state index contributed by atoms with van der Waals surface area (Å²) in [7, 11) is 0. The summed E-state index contributed by atoms with van der Waals surface area (Å²) in [6, 6.07) is 0. The smallest absolute Gasteiger partial charge is 0.279 e. The lowest BCUT2D eigenvalue weighted by Gasteiger charge is -2.31. The van der Waals surface area contributed by atoms with E-state index in [1.807, 2.05) is 6.92 Å². The van der Waals surface area contributed by atoms with E-state index in [1.54, 1.807) is 0 Å². The van der Waals surface area contributed by atoms with Crippen molar-refractivity contribution in [2.75, 3.05) is 19.8 Å². The zero-order valence-electron chi connectivity index (χ0n) is 25.2. The quantitative estimate of drug-likeness (QED) is 0.118. The first-order chi connectivity index (χ1) is 16.4. The lowest BCUT2D eigenvalue weighted by Crippen LogP contribution is -2.37. The van der Waals surface area contributed by atoms with E-state index in [1.165, 1.54) is 36.0 Å². The van der Waals surface area contributed by atoms with Crippen molar-refractivity contribution in [1.82, 2.24) is 0 Å². The van der Waals surface area contributed by atoms with Gasteiger partial charge in [0.15, 0.2) is 0 Å². The maximum atomic E-state index is 6.24. The van der Waals surface area contributed by atoms with Crippen LogP contribution in [0.3, 0.4) is 0 Å². The van der Waals surface area contributed by atoms with Crippen LogP contribution >= 0.6 is 0 Å². The van der Waals surface area contributed by atoms with Crippen LogP contribution in [0, 0.1) is 17.8 Å². The first-order valence-corrected chi connectivity index (χ1v) is 14.3. The molecule has 0 amide bonds. The summed E-state index contributed by atoms with van der Waals surface area (Å²) in [6.07, 6.45) is 17.1. The second kappa shape index (κ2) is 20.2. The molecule has 0 aromatic carbocycles. The highest BCUT2D eigenvalue weighted by atomic mass is 16.9. The summed E-state index contributed by atoms with van der Waals surface area (Å²) in [4.78, 5) is 0. The van der Waals surface area contributed by atoms with Crippen molar-refractivity contribution in [3.63, 3.8) is 0 Å². The normalized spacial score (nSPS) is 15.6. The Morgan fingerprint density at radius 2 is 0.771 bits per heavy atom. The molecule has 0 rings (SSSR count). The van der Waals surface area contributed by atoms with Crippen molar-refractivity contribution >= 4 is 0 Å². The fraction of sp³-hybridized carbons (Fsp3) is 0.812. The van der Waals surface area contributed by atoms with Gasteiger partial charge >= 0.3 is 0 Å². The Labute approximate surface area is 219 Å². The third-order valence-electron chi connectivity index (χ3n) is 6.56. The molecular weight excluding hydrogens is 432 g/mol. The van der Waals surface area contributed by atoms with Crippen LogP contribution < -0.4 is 0 Å². The van der Waals surface area contributed by atoms with E-state index in [4.69, 9.17) is 14.2 Å². The Balaban J connectivity index is 4.65. The summed E-state index contributed by atoms with van der Waals surface area (Å²) in [5, 5.41) is 0. The lowest BCUT2D eigenvalue weighted by atomic mass is 10.0. The molecule has 3 heteroatoms. The molecule has 0 aromatic rings. The topological polar surface area (TPSA) is 27.7 Å². The van der Waals surface area contributed by atoms with Crippen molar-refractivity contribution < 1.29 is 14.2 Å². The van der Waals surface area contributed by atoms with Crippen molar-refractivity contribution in [2.24, 2.45) is 17.8 Å². The zero-order valence-corrected chi connectivity index (χ0v) is 25.2. The van der Waals surface area contributed by atoms with Crippen LogP contribution in [0.5, 0.6) is 0 Å². The van der Waals surface area contributed by atoms with Gasteiger partial charge in [0.2, 0.25) is 0 Å². The van der Waals surface area contributed by atoms with Gasteiger partial charge < -0.3 is 14.2 Å². The maximum absolute atomic E-state index is 6.24. The number of hydrogen-bond donors (Lipinski definition) is 0. The minimum atomic E-state index is -0.959. The molecule has 0 aliphatic heterocycles. The lowest BCUT2D eigenvalue weighted by molar-refractivity contribution is -0.371. The highest BCUT2D eigenvalue weighted by Gasteiger charge is 2.27. The Hall–Kier alpha value is -0.900. The van der Waals surface area contributed by atoms with Gasteiger partial charge in [-0.1, -0.05) is 55.7 Å². The summed E-state index contributed by atoms with van der Waals surface area (Å²) in [6.45, 7) is 23.9. The average Bonchev–Trinajstić information content (AvgIpc) is 2.73. The van der Waals surface area contributed by atoms with Gasteiger partial charge in [-0.3, -0.25) is 0 Å². The van der Waals surface area contributed by atoms with E-state index in [0.29, 0.717) is 37.6 Å².